The number of nitrogens with two attached hydrogens (primary N) is 1. The van der Waals surface area contributed by atoms with Gasteiger partial charge in [-0.1, -0.05) is 0 Å². The Morgan fingerprint density at radius 2 is 1.53 bits per heavy atom. The highest BCUT2D eigenvalue weighted by Gasteiger charge is 1.91. The molecule has 0 aliphatic rings. The largest absolute Gasteiger partial charge is 0.356 e. The predicted molar refractivity (Wildman–Crippen MR) is 62.7 cm³/mol. The maximum Gasteiger partial charge on any atom is 0.216 e. The second-order valence-electron chi connectivity index (χ2n) is 3.48. The van der Waals surface area contributed by atoms with Crippen LogP contribution in [0.15, 0.2) is 0 Å². The second-order valence-corrected chi connectivity index (χ2v) is 3.48. The lowest BCUT2D eigenvalue weighted by atomic mass is 10.3. The summed E-state index contributed by atoms with van der Waals surface area (Å²) >= 11 is 0. The van der Waals surface area contributed by atoms with E-state index in [1.165, 1.54) is 6.92 Å². The van der Waals surface area contributed by atoms with Crippen LogP contribution in [0.1, 0.15) is 19.8 Å². The van der Waals surface area contributed by atoms with E-state index in [9.17, 15) is 4.79 Å². The van der Waals surface area contributed by atoms with Crippen molar-refractivity contribution in [1.29, 1.82) is 0 Å². The van der Waals surface area contributed by atoms with E-state index in [0.29, 0.717) is 6.54 Å². The Balaban J connectivity index is 2.89. The van der Waals surface area contributed by atoms with Crippen molar-refractivity contribution in [2.24, 2.45) is 5.73 Å². The Bertz CT molecular complexity index is 152. The third-order valence-electron chi connectivity index (χ3n) is 1.93. The third kappa shape index (κ3) is 13.3. The fourth-order valence-electron chi connectivity index (χ4n) is 1.17. The zero-order valence-corrected chi connectivity index (χ0v) is 9.64. The van der Waals surface area contributed by atoms with Gasteiger partial charge in [-0.2, -0.15) is 0 Å². The van der Waals surface area contributed by atoms with Gasteiger partial charge in [-0.05, 0) is 32.5 Å². The maximum atomic E-state index is 10.5. The zero-order chi connectivity index (χ0) is 11.4. The SMILES string of the molecule is CC(=O)NCCCNCCCNCCN. The highest BCUT2D eigenvalue weighted by Crippen LogP contribution is 1.76. The number of carbonyl (C=O) groups is 1. The second kappa shape index (κ2) is 11.4. The molecule has 0 aromatic carbocycles. The molecule has 0 rings (SSSR count). The van der Waals surface area contributed by atoms with Gasteiger partial charge in [0.05, 0.1) is 0 Å². The number of carbonyl (C=O) groups excluding carboxylic acids is 1. The van der Waals surface area contributed by atoms with Crippen molar-refractivity contribution >= 4 is 5.91 Å². The van der Waals surface area contributed by atoms with Crippen LogP contribution in [0.5, 0.6) is 0 Å². The van der Waals surface area contributed by atoms with Crippen LogP contribution in [0.2, 0.25) is 0 Å². The van der Waals surface area contributed by atoms with Gasteiger partial charge in [0.25, 0.3) is 0 Å². The van der Waals surface area contributed by atoms with Gasteiger partial charge in [0.15, 0.2) is 0 Å². The molecule has 1 amide bonds. The number of hydrogen-bond donors (Lipinski definition) is 4. The first-order valence-electron chi connectivity index (χ1n) is 5.63. The van der Waals surface area contributed by atoms with Crippen LogP contribution in [0.4, 0.5) is 0 Å². The Hall–Kier alpha value is -0.650. The summed E-state index contributed by atoms with van der Waals surface area (Å²) < 4.78 is 0. The molecule has 0 radical (unpaired) electrons. The standard InChI is InChI=1S/C10H24N4O/c1-10(15)14-8-3-7-12-5-2-6-13-9-4-11/h12-13H,2-9,11H2,1H3,(H,14,15). The molecule has 90 valence electrons. The molecule has 0 aliphatic carbocycles. The monoisotopic (exact) mass is 216 g/mol. The van der Waals surface area contributed by atoms with Crippen LogP contribution < -0.4 is 21.7 Å². The van der Waals surface area contributed by atoms with Gasteiger partial charge in [-0.15, -0.1) is 0 Å². The molecule has 0 saturated carbocycles. The molecule has 0 aromatic rings. The minimum absolute atomic E-state index is 0.0426. The summed E-state index contributed by atoms with van der Waals surface area (Å²) in [5, 5.41) is 9.30. The normalized spacial score (nSPS) is 10.3. The lowest BCUT2D eigenvalue weighted by Crippen LogP contribution is -2.28. The fraction of sp³-hybridized carbons (Fsp3) is 0.900. The van der Waals surface area contributed by atoms with E-state index in [1.54, 1.807) is 0 Å². The first kappa shape index (κ1) is 14.3. The molecular formula is C10H24N4O. The van der Waals surface area contributed by atoms with Gasteiger partial charge < -0.3 is 21.7 Å². The van der Waals surface area contributed by atoms with Crippen LogP contribution in [0.25, 0.3) is 0 Å². The Labute approximate surface area is 92.2 Å². The molecule has 0 saturated heterocycles. The molecular weight excluding hydrogens is 192 g/mol. The van der Waals surface area contributed by atoms with E-state index in [2.05, 4.69) is 16.0 Å². The highest BCUT2D eigenvalue weighted by molar-refractivity contribution is 5.72. The average molecular weight is 216 g/mol. The predicted octanol–water partition coefficient (Wildman–Crippen LogP) is -0.959. The van der Waals surface area contributed by atoms with Gasteiger partial charge in [0, 0.05) is 26.6 Å². The molecule has 0 atom stereocenters. The molecule has 0 spiro atoms. The first-order valence-corrected chi connectivity index (χ1v) is 5.63. The molecule has 0 aliphatic heterocycles. The number of nitrogens with one attached hydrogen (secondary N) is 3. The highest BCUT2D eigenvalue weighted by atomic mass is 16.1. The summed E-state index contributed by atoms with van der Waals surface area (Å²) in [6.07, 6.45) is 2.09. The van der Waals surface area contributed by atoms with E-state index < -0.39 is 0 Å². The molecule has 5 N–H and O–H groups in total. The minimum atomic E-state index is 0.0426. The van der Waals surface area contributed by atoms with Crippen molar-refractivity contribution in [1.82, 2.24) is 16.0 Å². The minimum Gasteiger partial charge on any atom is -0.356 e. The quantitative estimate of drug-likeness (QED) is 0.355. The van der Waals surface area contributed by atoms with Crippen LogP contribution >= 0.6 is 0 Å². The Morgan fingerprint density at radius 1 is 1.00 bits per heavy atom. The first-order chi connectivity index (χ1) is 7.27. The van der Waals surface area contributed by atoms with Gasteiger partial charge in [-0.25, -0.2) is 0 Å². The average Bonchev–Trinajstić information content (AvgIpc) is 2.20. The van der Waals surface area contributed by atoms with Crippen LogP contribution in [-0.2, 0) is 4.79 Å². The molecule has 0 bridgehead atoms. The summed E-state index contributed by atoms with van der Waals surface area (Å²) in [7, 11) is 0. The van der Waals surface area contributed by atoms with Gasteiger partial charge >= 0.3 is 0 Å². The van der Waals surface area contributed by atoms with Gasteiger partial charge in [0.2, 0.25) is 5.91 Å². The Kier molecular flexibility index (Phi) is 10.9. The molecule has 0 heterocycles. The van der Waals surface area contributed by atoms with E-state index in [-0.39, 0.29) is 5.91 Å². The lowest BCUT2D eigenvalue weighted by Gasteiger charge is -2.05. The van der Waals surface area contributed by atoms with E-state index in [4.69, 9.17) is 5.73 Å². The summed E-state index contributed by atoms with van der Waals surface area (Å²) in [4.78, 5) is 10.5. The molecule has 0 fully saturated rings. The Morgan fingerprint density at radius 3 is 2.07 bits per heavy atom. The van der Waals surface area contributed by atoms with Crippen molar-refractivity contribution in [2.45, 2.75) is 19.8 Å². The molecule has 5 heteroatoms. The fourth-order valence-corrected chi connectivity index (χ4v) is 1.17. The molecule has 0 unspecified atom stereocenters. The van der Waals surface area contributed by atoms with E-state index in [0.717, 1.165) is 45.6 Å². The lowest BCUT2D eigenvalue weighted by molar-refractivity contribution is -0.118. The van der Waals surface area contributed by atoms with Crippen molar-refractivity contribution in [3.8, 4) is 0 Å². The molecule has 5 nitrogen and oxygen atoms in total. The van der Waals surface area contributed by atoms with Crippen LogP contribution in [0.3, 0.4) is 0 Å². The van der Waals surface area contributed by atoms with E-state index >= 15 is 0 Å². The van der Waals surface area contributed by atoms with Crippen molar-refractivity contribution in [3.63, 3.8) is 0 Å². The van der Waals surface area contributed by atoms with Crippen molar-refractivity contribution < 1.29 is 4.79 Å². The van der Waals surface area contributed by atoms with Gasteiger partial charge in [0.1, 0.15) is 0 Å². The third-order valence-corrected chi connectivity index (χ3v) is 1.93. The van der Waals surface area contributed by atoms with Crippen LogP contribution in [-0.4, -0.2) is 45.2 Å². The van der Waals surface area contributed by atoms with Crippen molar-refractivity contribution in [2.75, 3.05) is 39.3 Å². The summed E-state index contributed by atoms with van der Waals surface area (Å²) in [6.45, 7) is 6.86. The van der Waals surface area contributed by atoms with Crippen molar-refractivity contribution in [3.05, 3.63) is 0 Å². The summed E-state index contributed by atoms with van der Waals surface area (Å²) in [5.41, 5.74) is 5.34. The molecule has 0 aromatic heterocycles. The smallest absolute Gasteiger partial charge is 0.216 e. The molecule has 15 heavy (non-hydrogen) atoms. The summed E-state index contributed by atoms with van der Waals surface area (Å²) in [5.74, 6) is 0.0426. The number of hydrogen-bond acceptors (Lipinski definition) is 4. The summed E-state index contributed by atoms with van der Waals surface area (Å²) in [6, 6.07) is 0. The topological polar surface area (TPSA) is 79.2 Å². The number of amides is 1. The van der Waals surface area contributed by atoms with E-state index in [1.807, 2.05) is 0 Å². The van der Waals surface area contributed by atoms with Crippen LogP contribution in [0, 0.1) is 0 Å². The number of rotatable bonds is 10. The zero-order valence-electron chi connectivity index (χ0n) is 9.64. The van der Waals surface area contributed by atoms with Gasteiger partial charge in [-0.3, -0.25) is 4.79 Å². The maximum absolute atomic E-state index is 10.5.